The van der Waals surface area contributed by atoms with Crippen LogP contribution in [0.1, 0.15) is 36.1 Å². The number of H-pyrrole nitrogens is 1. The molecule has 1 aromatic carbocycles. The van der Waals surface area contributed by atoms with Crippen LogP contribution in [0.3, 0.4) is 0 Å². The van der Waals surface area contributed by atoms with Crippen LogP contribution in [0.4, 0.5) is 5.69 Å². The van der Waals surface area contributed by atoms with Gasteiger partial charge in [0.25, 0.3) is 5.56 Å². The van der Waals surface area contributed by atoms with Gasteiger partial charge in [0.05, 0.1) is 0 Å². The summed E-state index contributed by atoms with van der Waals surface area (Å²) in [6, 6.07) is 7.84. The number of aromatic amines is 1. The molecule has 0 atom stereocenters. The molecule has 2 heterocycles. The van der Waals surface area contributed by atoms with Crippen molar-refractivity contribution < 1.29 is 9.59 Å². The van der Waals surface area contributed by atoms with E-state index in [2.05, 4.69) is 20.2 Å². The molecule has 1 fully saturated rings. The van der Waals surface area contributed by atoms with Crippen LogP contribution < -0.4 is 16.6 Å². The largest absolute Gasteiger partial charge is 0.369 e. The average molecular weight is 458 g/mol. The lowest BCUT2D eigenvalue weighted by atomic mass is 9.96. The van der Waals surface area contributed by atoms with E-state index in [4.69, 9.17) is 5.73 Å². The van der Waals surface area contributed by atoms with Crippen molar-refractivity contribution in [3.8, 4) is 0 Å². The average Bonchev–Trinajstić information content (AvgIpc) is 2.78. The maximum Gasteiger partial charge on any atom is 0.254 e. The number of thioether (sulfide) groups is 1. The first-order valence-corrected chi connectivity index (χ1v) is 12.1. The van der Waals surface area contributed by atoms with Gasteiger partial charge in [0.1, 0.15) is 0 Å². The van der Waals surface area contributed by atoms with E-state index in [0.29, 0.717) is 22.8 Å². The van der Waals surface area contributed by atoms with Crippen LogP contribution in [0.25, 0.3) is 0 Å². The predicted octanol–water partition coefficient (Wildman–Crippen LogP) is 2.11. The zero-order valence-electron chi connectivity index (χ0n) is 18.6. The molecule has 1 saturated heterocycles. The fourth-order valence-electron chi connectivity index (χ4n) is 3.92. The van der Waals surface area contributed by atoms with E-state index in [1.807, 2.05) is 30.5 Å². The molecular weight excluding hydrogens is 426 g/mol. The number of amides is 2. The summed E-state index contributed by atoms with van der Waals surface area (Å²) in [5, 5.41) is 3.47. The quantitative estimate of drug-likeness (QED) is 0.392. The van der Waals surface area contributed by atoms with E-state index in [1.54, 1.807) is 6.92 Å². The van der Waals surface area contributed by atoms with Crippen molar-refractivity contribution in [2.75, 3.05) is 31.2 Å². The van der Waals surface area contributed by atoms with Gasteiger partial charge in [-0.2, -0.15) is 0 Å². The summed E-state index contributed by atoms with van der Waals surface area (Å²) < 4.78 is 0. The number of nitrogens with two attached hydrogens (primary N) is 1. The number of benzene rings is 1. The molecule has 0 saturated carbocycles. The molecule has 3 rings (SSSR count). The zero-order chi connectivity index (χ0) is 23.1. The molecule has 0 spiro atoms. The number of nitrogens with zero attached hydrogens (tertiary/aromatic N) is 2. The Balaban J connectivity index is 1.44. The smallest absolute Gasteiger partial charge is 0.254 e. The lowest BCUT2D eigenvalue weighted by Crippen LogP contribution is -2.39. The number of anilines is 1. The summed E-state index contributed by atoms with van der Waals surface area (Å²) in [6.45, 7) is 4.54. The van der Waals surface area contributed by atoms with Gasteiger partial charge in [-0.3, -0.25) is 14.4 Å². The van der Waals surface area contributed by atoms with Crippen LogP contribution in [-0.4, -0.2) is 52.6 Å². The molecule has 0 aliphatic carbocycles. The molecule has 9 heteroatoms. The second-order valence-corrected chi connectivity index (χ2v) is 8.95. The number of piperidine rings is 1. The first-order valence-electron chi connectivity index (χ1n) is 10.9. The van der Waals surface area contributed by atoms with Crippen molar-refractivity contribution in [2.45, 2.75) is 44.2 Å². The summed E-state index contributed by atoms with van der Waals surface area (Å²) in [5.41, 5.74) is 8.36. The highest BCUT2D eigenvalue weighted by molar-refractivity contribution is 7.98. The molecule has 172 valence electrons. The van der Waals surface area contributed by atoms with Gasteiger partial charge in [0, 0.05) is 35.8 Å². The van der Waals surface area contributed by atoms with E-state index < -0.39 is 0 Å². The van der Waals surface area contributed by atoms with Crippen LogP contribution in [0.2, 0.25) is 0 Å². The molecular formula is C23H31N5O3S. The summed E-state index contributed by atoms with van der Waals surface area (Å²) in [6.07, 6.45) is 5.00. The summed E-state index contributed by atoms with van der Waals surface area (Å²) in [5.74, 6) is -0.306. The van der Waals surface area contributed by atoms with Gasteiger partial charge in [0.2, 0.25) is 11.8 Å². The molecule has 1 aliphatic heterocycles. The number of primary amides is 1. The maximum atomic E-state index is 12.3. The van der Waals surface area contributed by atoms with Gasteiger partial charge in [-0.15, -0.1) is 0 Å². The van der Waals surface area contributed by atoms with Crippen LogP contribution in [0.5, 0.6) is 0 Å². The van der Waals surface area contributed by atoms with Crippen molar-refractivity contribution in [1.29, 1.82) is 0 Å². The number of likely N-dealkylation sites (tertiary alicyclic amines) is 1. The Morgan fingerprint density at radius 3 is 2.50 bits per heavy atom. The van der Waals surface area contributed by atoms with Crippen molar-refractivity contribution >= 4 is 29.3 Å². The number of hydrogen-bond donors (Lipinski definition) is 3. The van der Waals surface area contributed by atoms with Crippen molar-refractivity contribution in [2.24, 2.45) is 11.7 Å². The van der Waals surface area contributed by atoms with Crippen molar-refractivity contribution in [3.05, 3.63) is 51.4 Å². The number of rotatable bonds is 9. The van der Waals surface area contributed by atoms with Crippen LogP contribution in [0.15, 0.2) is 34.2 Å². The Kier molecular flexibility index (Phi) is 8.46. The number of hydrogen-bond acceptors (Lipinski definition) is 6. The number of aryl methyl sites for hydroxylation is 1. The van der Waals surface area contributed by atoms with Gasteiger partial charge in [-0.05, 0) is 69.6 Å². The van der Waals surface area contributed by atoms with Gasteiger partial charge < -0.3 is 20.9 Å². The molecule has 0 bridgehead atoms. The lowest BCUT2D eigenvalue weighted by molar-refractivity contribution is -0.123. The predicted molar refractivity (Wildman–Crippen MR) is 127 cm³/mol. The summed E-state index contributed by atoms with van der Waals surface area (Å²) >= 11 is 1.38. The second-order valence-electron chi connectivity index (χ2n) is 8.15. The minimum atomic E-state index is -0.186. The Morgan fingerprint density at radius 1 is 1.22 bits per heavy atom. The molecule has 32 heavy (non-hydrogen) atoms. The normalized spacial score (nSPS) is 14.9. The van der Waals surface area contributed by atoms with E-state index in [9.17, 15) is 14.4 Å². The van der Waals surface area contributed by atoms with Gasteiger partial charge in [-0.25, -0.2) is 4.98 Å². The van der Waals surface area contributed by atoms with E-state index in [1.165, 1.54) is 17.3 Å². The molecule has 1 aliphatic rings. The molecule has 2 amide bonds. The molecule has 1 aromatic heterocycles. The topological polar surface area (TPSA) is 121 Å². The Bertz CT molecular complexity index is 998. The highest BCUT2D eigenvalue weighted by Crippen LogP contribution is 2.18. The minimum absolute atomic E-state index is 0.0161. The number of carbonyl (C=O) groups excluding carboxylic acids is 2. The van der Waals surface area contributed by atoms with E-state index in [0.717, 1.165) is 44.6 Å². The summed E-state index contributed by atoms with van der Waals surface area (Å²) in [4.78, 5) is 45.2. The Morgan fingerprint density at radius 2 is 1.91 bits per heavy atom. The third kappa shape index (κ3) is 6.67. The Labute approximate surface area is 192 Å². The maximum absolute atomic E-state index is 12.3. The van der Waals surface area contributed by atoms with Crippen LogP contribution in [0, 0.1) is 12.8 Å². The fourth-order valence-corrected chi connectivity index (χ4v) is 4.34. The van der Waals surface area contributed by atoms with E-state index in [-0.39, 0.29) is 29.7 Å². The van der Waals surface area contributed by atoms with Crippen molar-refractivity contribution in [3.63, 3.8) is 0 Å². The number of nitrogens with one attached hydrogen (secondary N) is 2. The standard InChI is InChI=1S/C23H31N5O3S/c1-15-19(22(31)27-23(25-15)32-2)7-8-20(29)26-18-5-3-16(4-6-18)9-12-28-13-10-17(11-14-28)21(24)30/h3-6,17H,7-14H2,1-2H3,(H2,24,30)(H,26,29)(H,25,27,31). The van der Waals surface area contributed by atoms with Gasteiger partial charge >= 0.3 is 0 Å². The lowest BCUT2D eigenvalue weighted by Gasteiger charge is -2.30. The first kappa shape index (κ1) is 24.0. The minimum Gasteiger partial charge on any atom is -0.369 e. The number of aromatic nitrogens is 2. The third-order valence-electron chi connectivity index (χ3n) is 5.94. The highest BCUT2D eigenvalue weighted by Gasteiger charge is 2.22. The Hall–Kier alpha value is -2.65. The highest BCUT2D eigenvalue weighted by atomic mass is 32.2. The van der Waals surface area contributed by atoms with Crippen LogP contribution in [-0.2, 0) is 22.4 Å². The first-order chi connectivity index (χ1) is 15.4. The second kappa shape index (κ2) is 11.3. The zero-order valence-corrected chi connectivity index (χ0v) is 19.5. The SMILES string of the molecule is CSc1nc(C)c(CCC(=O)Nc2ccc(CCN3CCC(C(N)=O)CC3)cc2)c(=O)[nH]1. The molecule has 4 N–H and O–H groups in total. The van der Waals surface area contributed by atoms with Crippen molar-refractivity contribution in [1.82, 2.24) is 14.9 Å². The van der Waals surface area contributed by atoms with Gasteiger partial charge in [0.15, 0.2) is 5.16 Å². The summed E-state index contributed by atoms with van der Waals surface area (Å²) in [7, 11) is 0. The monoisotopic (exact) mass is 457 g/mol. The fraction of sp³-hybridized carbons (Fsp3) is 0.478. The molecule has 0 unspecified atom stereocenters. The number of carbonyl (C=O) groups is 2. The van der Waals surface area contributed by atoms with E-state index >= 15 is 0 Å². The third-order valence-corrected chi connectivity index (χ3v) is 6.52. The molecule has 2 aromatic rings. The molecule has 8 nitrogen and oxygen atoms in total. The van der Waals surface area contributed by atoms with Crippen LogP contribution >= 0.6 is 11.8 Å². The van der Waals surface area contributed by atoms with Gasteiger partial charge in [-0.1, -0.05) is 23.9 Å². The molecule has 0 radical (unpaired) electrons.